The van der Waals surface area contributed by atoms with Crippen molar-refractivity contribution in [2.24, 2.45) is 0 Å². The predicted molar refractivity (Wildman–Crippen MR) is 173 cm³/mol. The molecule has 0 fully saturated rings. The summed E-state index contributed by atoms with van der Waals surface area (Å²) in [5.74, 6) is 0. The summed E-state index contributed by atoms with van der Waals surface area (Å²) in [5, 5.41) is 0. The molecule has 0 aromatic heterocycles. The van der Waals surface area contributed by atoms with E-state index in [0.717, 1.165) is 3.93 Å². The average Bonchev–Trinajstić information content (AvgIpc) is 2.92. The van der Waals surface area contributed by atoms with Gasteiger partial charge in [0.05, 0.1) is 0 Å². The summed E-state index contributed by atoms with van der Waals surface area (Å²) in [6.45, 7) is 14.6. The van der Waals surface area contributed by atoms with Crippen molar-refractivity contribution >= 4 is 36.8 Å². The van der Waals surface area contributed by atoms with Crippen molar-refractivity contribution < 1.29 is 0 Å². The summed E-state index contributed by atoms with van der Waals surface area (Å²) in [7, 11) is 0. The Balaban J connectivity index is 3.27. The molecule has 210 valence electrons. The fourth-order valence-electron chi connectivity index (χ4n) is 7.08. The molecule has 0 aliphatic heterocycles. The van der Waals surface area contributed by atoms with Crippen molar-refractivity contribution in [2.75, 3.05) is 0 Å². The number of rotatable bonds is 24. The number of hydrogen-bond acceptors (Lipinski definition) is 0. The molecule has 0 aliphatic rings. The first-order valence-electron chi connectivity index (χ1n) is 16.6. The fraction of sp³-hybridized carbons (Fsp3) is 0.824. The van der Waals surface area contributed by atoms with E-state index >= 15 is 0 Å². The van der Waals surface area contributed by atoms with Gasteiger partial charge in [-0.3, -0.25) is 0 Å². The predicted octanol–water partition coefficient (Wildman–Crippen LogP) is 12.8. The van der Waals surface area contributed by atoms with Gasteiger partial charge < -0.3 is 0 Å². The van der Waals surface area contributed by atoms with Gasteiger partial charge in [-0.05, 0) is 0 Å². The second-order valence-electron chi connectivity index (χ2n) is 12.3. The zero-order valence-electron chi connectivity index (χ0n) is 25.8. The van der Waals surface area contributed by atoms with E-state index in [1.165, 1.54) is 77.0 Å². The van der Waals surface area contributed by atoms with Crippen LogP contribution in [0, 0.1) is 0 Å². The van der Waals surface area contributed by atoms with Gasteiger partial charge in [-0.1, -0.05) is 0 Å². The molecule has 1 unspecified atom stereocenters. The second-order valence-corrected chi connectivity index (χ2v) is 40.7. The Morgan fingerprint density at radius 1 is 0.472 bits per heavy atom. The third kappa shape index (κ3) is 12.8. The Morgan fingerprint density at radius 2 is 0.833 bits per heavy atom. The van der Waals surface area contributed by atoms with Gasteiger partial charge in [0.25, 0.3) is 0 Å². The quantitative estimate of drug-likeness (QED) is 0.0937. The molecule has 1 aromatic carbocycles. The van der Waals surface area contributed by atoms with Gasteiger partial charge in [-0.2, -0.15) is 0 Å². The minimum atomic E-state index is -2.35. The van der Waals surface area contributed by atoms with Gasteiger partial charge in [-0.25, -0.2) is 0 Å². The van der Waals surface area contributed by atoms with Crippen LogP contribution in [0.15, 0.2) is 30.3 Å². The van der Waals surface area contributed by atoms with E-state index in [0.29, 0.717) is 0 Å². The van der Waals surface area contributed by atoms with Gasteiger partial charge in [-0.15, -0.1) is 0 Å². The maximum absolute atomic E-state index is 2.54. The maximum atomic E-state index is 2.54. The Morgan fingerprint density at radius 3 is 1.22 bits per heavy atom. The van der Waals surface area contributed by atoms with Crippen molar-refractivity contribution in [3.05, 3.63) is 35.9 Å². The monoisotopic (exact) mass is 714 g/mol. The SMILES string of the molecule is CCC[CH2][Sn]([CH2]CCC)([CH2]CCC)[CH2]CC[CH](c1ccccc1)[Sn]([CH2]CCC)([CH2]CCC)[CH2]CCC. The van der Waals surface area contributed by atoms with Crippen molar-refractivity contribution in [1.29, 1.82) is 0 Å². The van der Waals surface area contributed by atoms with Crippen LogP contribution >= 0.6 is 0 Å². The van der Waals surface area contributed by atoms with E-state index in [1.54, 1.807) is 49.5 Å². The third-order valence-corrected chi connectivity index (χ3v) is 43.1. The van der Waals surface area contributed by atoms with E-state index in [9.17, 15) is 0 Å². The van der Waals surface area contributed by atoms with E-state index in [-0.39, 0.29) is 0 Å². The molecule has 0 nitrogen and oxygen atoms in total. The first kappa shape index (κ1) is 34.8. The molecule has 2 heteroatoms. The molecule has 0 aliphatic carbocycles. The average molecular weight is 712 g/mol. The van der Waals surface area contributed by atoms with Crippen LogP contribution < -0.4 is 0 Å². The third-order valence-electron chi connectivity index (χ3n) is 9.41. The molecular weight excluding hydrogens is 646 g/mol. The molecule has 0 radical (unpaired) electrons. The Kier molecular flexibility index (Phi) is 20.9. The summed E-state index contributed by atoms with van der Waals surface area (Å²) < 4.78 is 12.7. The van der Waals surface area contributed by atoms with Gasteiger partial charge in [0, 0.05) is 0 Å². The second kappa shape index (κ2) is 21.6. The topological polar surface area (TPSA) is 0 Å². The van der Waals surface area contributed by atoms with Crippen LogP contribution in [-0.4, -0.2) is 36.8 Å². The van der Waals surface area contributed by atoms with Crippen molar-refractivity contribution in [3.8, 4) is 0 Å². The van der Waals surface area contributed by atoms with Crippen molar-refractivity contribution in [3.63, 3.8) is 0 Å². The summed E-state index contributed by atoms with van der Waals surface area (Å²) in [6, 6.07) is 12.0. The van der Waals surface area contributed by atoms with Gasteiger partial charge in [0.15, 0.2) is 0 Å². The van der Waals surface area contributed by atoms with Crippen LogP contribution in [0.25, 0.3) is 0 Å². The molecule has 0 amide bonds. The molecular formula is C34H66Sn2. The Bertz CT molecular complexity index is 567. The van der Waals surface area contributed by atoms with E-state index in [2.05, 4.69) is 71.9 Å². The van der Waals surface area contributed by atoms with Crippen LogP contribution in [0.1, 0.15) is 141 Å². The van der Waals surface area contributed by atoms with E-state index in [4.69, 9.17) is 0 Å². The van der Waals surface area contributed by atoms with Gasteiger partial charge in [0.1, 0.15) is 0 Å². The number of benzene rings is 1. The van der Waals surface area contributed by atoms with Crippen LogP contribution in [0.4, 0.5) is 0 Å². The van der Waals surface area contributed by atoms with E-state index in [1.807, 2.05) is 0 Å². The molecule has 0 bridgehead atoms. The van der Waals surface area contributed by atoms with Gasteiger partial charge in [0.2, 0.25) is 0 Å². The van der Waals surface area contributed by atoms with Crippen LogP contribution in [0.3, 0.4) is 0 Å². The van der Waals surface area contributed by atoms with Crippen molar-refractivity contribution in [1.82, 2.24) is 0 Å². The molecule has 0 heterocycles. The number of hydrogen-bond donors (Lipinski definition) is 0. The molecule has 0 saturated carbocycles. The Labute approximate surface area is 237 Å². The first-order chi connectivity index (χ1) is 17.6. The summed E-state index contributed by atoms with van der Waals surface area (Å²) in [4.78, 5) is 0. The summed E-state index contributed by atoms with van der Waals surface area (Å²) in [6.07, 6.45) is 20.6. The molecule has 0 spiro atoms. The fourth-order valence-corrected chi connectivity index (χ4v) is 42.6. The van der Waals surface area contributed by atoms with E-state index < -0.39 is 36.8 Å². The zero-order chi connectivity index (χ0) is 26.5. The minimum absolute atomic E-state index is 0.970. The van der Waals surface area contributed by atoms with Crippen molar-refractivity contribution in [2.45, 2.75) is 166 Å². The van der Waals surface area contributed by atoms with Crippen LogP contribution in [0.2, 0.25) is 31.1 Å². The molecule has 1 rings (SSSR count). The zero-order valence-corrected chi connectivity index (χ0v) is 31.5. The normalized spacial score (nSPS) is 13.3. The Hall–Kier alpha value is 0.817. The molecule has 0 saturated heterocycles. The standard InChI is InChI=1S/C10H12.6C4H9.2Sn/c1-2-3-7-10-8-5-4-6-9-10;6*1-3-4-2;;/h4-9H,1-3H2;6*1,3-4H2,2H3;;. The summed E-state index contributed by atoms with van der Waals surface area (Å²) >= 11 is -4.39. The molecule has 0 N–H and O–H groups in total. The van der Waals surface area contributed by atoms with Crippen LogP contribution in [-0.2, 0) is 0 Å². The molecule has 1 atom stereocenters. The number of unbranched alkanes of at least 4 members (excludes halogenated alkanes) is 6. The molecule has 36 heavy (non-hydrogen) atoms. The first-order valence-corrected chi connectivity index (χ1v) is 32.4. The van der Waals surface area contributed by atoms with Gasteiger partial charge >= 0.3 is 239 Å². The van der Waals surface area contributed by atoms with Crippen LogP contribution in [0.5, 0.6) is 0 Å². The summed E-state index contributed by atoms with van der Waals surface area (Å²) in [5.41, 5.74) is 1.76. The molecule has 1 aromatic rings.